The smallest absolute Gasteiger partial charge is 0.315 e. The maximum Gasteiger partial charge on any atom is 0.315 e. The van der Waals surface area contributed by atoms with E-state index in [2.05, 4.69) is 27.5 Å². The number of amides is 2. The lowest BCUT2D eigenvalue weighted by molar-refractivity contribution is 0.188. The van der Waals surface area contributed by atoms with Crippen LogP contribution in [0.4, 0.5) is 4.79 Å². The van der Waals surface area contributed by atoms with Gasteiger partial charge < -0.3 is 15.4 Å². The van der Waals surface area contributed by atoms with Gasteiger partial charge in [0, 0.05) is 12.6 Å². The van der Waals surface area contributed by atoms with E-state index in [0.717, 1.165) is 19.4 Å². The fraction of sp³-hybridized carbons (Fsp3) is 0.583. The highest BCUT2D eigenvalue weighted by molar-refractivity contribution is 7.07. The molecule has 1 aliphatic rings. The van der Waals surface area contributed by atoms with Crippen LogP contribution in [0.25, 0.3) is 0 Å². The minimum Gasteiger partial charge on any atom is -0.379 e. The van der Waals surface area contributed by atoms with Gasteiger partial charge in [0.1, 0.15) is 0 Å². The van der Waals surface area contributed by atoms with Gasteiger partial charge in [-0.1, -0.05) is 0 Å². The highest BCUT2D eigenvalue weighted by Gasteiger charge is 2.18. The molecule has 1 saturated heterocycles. The van der Waals surface area contributed by atoms with Crippen LogP contribution in [0.1, 0.15) is 18.9 Å². The predicted octanol–water partition coefficient (Wildman–Crippen LogP) is 1.77. The molecule has 17 heavy (non-hydrogen) atoms. The number of thiophene rings is 1. The van der Waals surface area contributed by atoms with Gasteiger partial charge in [-0.05, 0) is 42.2 Å². The lowest BCUT2D eigenvalue weighted by Gasteiger charge is -2.16. The summed E-state index contributed by atoms with van der Waals surface area (Å²) in [6.45, 7) is 3.39. The van der Waals surface area contributed by atoms with Crippen LogP contribution >= 0.6 is 11.3 Å². The van der Waals surface area contributed by atoms with Crippen molar-refractivity contribution in [1.82, 2.24) is 10.6 Å². The average molecular weight is 254 g/mol. The zero-order valence-corrected chi connectivity index (χ0v) is 10.8. The maximum absolute atomic E-state index is 11.7. The summed E-state index contributed by atoms with van der Waals surface area (Å²) in [5.41, 5.74) is 1.27. The monoisotopic (exact) mass is 254 g/mol. The van der Waals surface area contributed by atoms with Crippen molar-refractivity contribution in [3.05, 3.63) is 22.4 Å². The minimum absolute atomic E-state index is 0.0942. The molecule has 1 aromatic rings. The summed E-state index contributed by atoms with van der Waals surface area (Å²) in [5, 5.41) is 10.0. The Kier molecular flexibility index (Phi) is 4.39. The Hall–Kier alpha value is -1.07. The first-order valence-electron chi connectivity index (χ1n) is 5.90. The molecule has 0 aliphatic carbocycles. The summed E-state index contributed by atoms with van der Waals surface area (Å²) in [6, 6.07) is 2.31. The lowest BCUT2D eigenvalue weighted by atomic mass is 10.1. The van der Waals surface area contributed by atoms with Gasteiger partial charge in [-0.3, -0.25) is 0 Å². The Morgan fingerprint density at radius 3 is 3.24 bits per heavy atom. The summed E-state index contributed by atoms with van der Waals surface area (Å²) in [7, 11) is 0. The van der Waals surface area contributed by atoms with Crippen LogP contribution in [0, 0.1) is 0 Å². The van der Waals surface area contributed by atoms with E-state index >= 15 is 0 Å². The molecule has 0 aromatic carbocycles. The third kappa shape index (κ3) is 4.02. The van der Waals surface area contributed by atoms with E-state index in [1.165, 1.54) is 5.56 Å². The fourth-order valence-electron chi connectivity index (χ4n) is 1.91. The SMILES string of the molecule is CC(Cc1ccsc1)NC(=O)NC1CCOC1. The van der Waals surface area contributed by atoms with Crippen molar-refractivity contribution in [3.63, 3.8) is 0 Å². The van der Waals surface area contributed by atoms with Gasteiger partial charge in [-0.25, -0.2) is 4.79 Å². The highest BCUT2D eigenvalue weighted by Crippen LogP contribution is 2.08. The van der Waals surface area contributed by atoms with Gasteiger partial charge in [0.15, 0.2) is 0 Å². The predicted molar refractivity (Wildman–Crippen MR) is 68.4 cm³/mol. The van der Waals surface area contributed by atoms with Gasteiger partial charge in [0.05, 0.1) is 12.6 Å². The van der Waals surface area contributed by atoms with Crippen LogP contribution in [0.5, 0.6) is 0 Å². The normalized spacial score (nSPS) is 21.1. The molecule has 0 bridgehead atoms. The number of carbonyl (C=O) groups is 1. The minimum atomic E-state index is -0.0942. The quantitative estimate of drug-likeness (QED) is 0.860. The molecule has 2 unspecified atom stereocenters. The van der Waals surface area contributed by atoms with E-state index in [9.17, 15) is 4.79 Å². The van der Waals surface area contributed by atoms with E-state index in [-0.39, 0.29) is 18.1 Å². The number of nitrogens with one attached hydrogen (secondary N) is 2. The first-order valence-corrected chi connectivity index (χ1v) is 6.84. The molecule has 2 heterocycles. The van der Waals surface area contributed by atoms with E-state index in [1.54, 1.807) is 11.3 Å². The summed E-state index contributed by atoms with van der Waals surface area (Å²) >= 11 is 1.68. The van der Waals surface area contributed by atoms with Crippen LogP contribution in [0.2, 0.25) is 0 Å². The maximum atomic E-state index is 11.7. The van der Waals surface area contributed by atoms with Crippen molar-refractivity contribution in [2.24, 2.45) is 0 Å². The molecular formula is C12H18N2O2S. The Labute approximate surface area is 105 Å². The molecule has 2 amide bonds. The number of ether oxygens (including phenoxy) is 1. The Morgan fingerprint density at radius 2 is 2.59 bits per heavy atom. The summed E-state index contributed by atoms with van der Waals surface area (Å²) in [4.78, 5) is 11.7. The second-order valence-corrected chi connectivity index (χ2v) is 5.20. The topological polar surface area (TPSA) is 50.4 Å². The zero-order valence-electron chi connectivity index (χ0n) is 9.94. The van der Waals surface area contributed by atoms with Gasteiger partial charge >= 0.3 is 6.03 Å². The third-order valence-corrected chi connectivity index (χ3v) is 3.50. The number of hydrogen-bond acceptors (Lipinski definition) is 3. The number of urea groups is 1. The molecule has 1 fully saturated rings. The molecule has 5 heteroatoms. The van der Waals surface area contributed by atoms with Crippen LogP contribution in [0.15, 0.2) is 16.8 Å². The third-order valence-electron chi connectivity index (χ3n) is 2.76. The lowest BCUT2D eigenvalue weighted by Crippen LogP contribution is -2.46. The van der Waals surface area contributed by atoms with Crippen molar-refractivity contribution in [1.29, 1.82) is 0 Å². The van der Waals surface area contributed by atoms with Crippen molar-refractivity contribution in [2.75, 3.05) is 13.2 Å². The molecule has 0 spiro atoms. The van der Waals surface area contributed by atoms with Gasteiger partial charge in [-0.2, -0.15) is 11.3 Å². The standard InChI is InChI=1S/C12H18N2O2S/c1-9(6-10-3-5-17-8-10)13-12(15)14-11-2-4-16-7-11/h3,5,8-9,11H,2,4,6-7H2,1H3,(H2,13,14,15). The molecule has 1 aliphatic heterocycles. The molecule has 2 N–H and O–H groups in total. The first kappa shape index (κ1) is 12.4. The Morgan fingerprint density at radius 1 is 1.71 bits per heavy atom. The van der Waals surface area contributed by atoms with Gasteiger partial charge in [0.25, 0.3) is 0 Å². The first-order chi connectivity index (χ1) is 8.24. The van der Waals surface area contributed by atoms with Gasteiger partial charge in [-0.15, -0.1) is 0 Å². The van der Waals surface area contributed by atoms with Crippen molar-refractivity contribution < 1.29 is 9.53 Å². The fourth-order valence-corrected chi connectivity index (χ4v) is 2.59. The second-order valence-electron chi connectivity index (χ2n) is 4.42. The summed E-state index contributed by atoms with van der Waals surface area (Å²) < 4.78 is 5.21. The Balaban J connectivity index is 1.70. The molecule has 2 atom stereocenters. The second kappa shape index (κ2) is 6.02. The van der Waals surface area contributed by atoms with Crippen LogP contribution in [0.3, 0.4) is 0 Å². The zero-order chi connectivity index (χ0) is 12.1. The van der Waals surface area contributed by atoms with Crippen molar-refractivity contribution >= 4 is 17.4 Å². The van der Waals surface area contributed by atoms with Gasteiger partial charge in [0.2, 0.25) is 0 Å². The molecule has 2 rings (SSSR count). The number of carbonyl (C=O) groups excluding carboxylic acids is 1. The van der Waals surface area contributed by atoms with E-state index in [0.29, 0.717) is 6.61 Å². The summed E-state index contributed by atoms with van der Waals surface area (Å²) in [6.07, 6.45) is 1.78. The van der Waals surface area contributed by atoms with Crippen molar-refractivity contribution in [3.8, 4) is 0 Å². The molecule has 4 nitrogen and oxygen atoms in total. The molecule has 94 valence electrons. The van der Waals surface area contributed by atoms with Crippen LogP contribution in [-0.4, -0.2) is 31.3 Å². The number of hydrogen-bond donors (Lipinski definition) is 2. The molecule has 1 aromatic heterocycles. The highest BCUT2D eigenvalue weighted by atomic mass is 32.1. The van der Waals surface area contributed by atoms with Crippen LogP contribution < -0.4 is 10.6 Å². The average Bonchev–Trinajstić information content (AvgIpc) is 2.90. The molecular weight excluding hydrogens is 236 g/mol. The van der Waals surface area contributed by atoms with E-state index in [4.69, 9.17) is 4.74 Å². The Bertz CT molecular complexity index is 347. The van der Waals surface area contributed by atoms with E-state index < -0.39 is 0 Å². The number of rotatable bonds is 4. The van der Waals surface area contributed by atoms with E-state index in [1.807, 2.05) is 6.92 Å². The van der Waals surface area contributed by atoms with Crippen molar-refractivity contribution in [2.45, 2.75) is 31.8 Å². The summed E-state index contributed by atoms with van der Waals surface area (Å²) in [5.74, 6) is 0. The molecule has 0 saturated carbocycles. The largest absolute Gasteiger partial charge is 0.379 e. The molecule has 0 radical (unpaired) electrons. The van der Waals surface area contributed by atoms with Crippen LogP contribution in [-0.2, 0) is 11.2 Å².